The van der Waals surface area contributed by atoms with Crippen LogP contribution >= 0.6 is 0 Å². The van der Waals surface area contributed by atoms with E-state index in [1.165, 1.54) is 0 Å². The number of aryl methyl sites for hydroxylation is 1. The minimum Gasteiger partial charge on any atom is -0.361 e. The van der Waals surface area contributed by atoms with Gasteiger partial charge in [-0.1, -0.05) is 5.16 Å². The molecule has 3 heteroatoms. The van der Waals surface area contributed by atoms with E-state index >= 15 is 0 Å². The molecule has 3 nitrogen and oxygen atoms in total. The van der Waals surface area contributed by atoms with Crippen LogP contribution < -0.4 is 0 Å². The second kappa shape index (κ2) is 2.77. The molecule has 0 radical (unpaired) electrons. The van der Waals surface area contributed by atoms with E-state index in [0.29, 0.717) is 0 Å². The minimum absolute atomic E-state index is 0.814. The summed E-state index contributed by atoms with van der Waals surface area (Å²) in [6.07, 6.45) is 3.49. The van der Waals surface area contributed by atoms with E-state index in [9.17, 15) is 0 Å². The van der Waals surface area contributed by atoms with Crippen LogP contribution in [-0.4, -0.2) is 10.1 Å². The van der Waals surface area contributed by atoms with Crippen molar-refractivity contribution in [2.45, 2.75) is 6.92 Å². The Bertz CT molecular complexity index is 367. The summed E-state index contributed by atoms with van der Waals surface area (Å²) in [5, 5.41) is 3.87. The Morgan fingerprint density at radius 3 is 2.92 bits per heavy atom. The summed E-state index contributed by atoms with van der Waals surface area (Å²) < 4.78 is 4.94. The Hall–Kier alpha value is -1.64. The fourth-order valence-electron chi connectivity index (χ4n) is 1.02. The molecule has 2 aromatic heterocycles. The van der Waals surface area contributed by atoms with Gasteiger partial charge in [-0.25, -0.2) is 0 Å². The summed E-state index contributed by atoms with van der Waals surface area (Å²) in [6, 6.07) is 5.71. The van der Waals surface area contributed by atoms with Crippen LogP contribution in [0, 0.1) is 6.92 Å². The highest BCUT2D eigenvalue weighted by atomic mass is 16.5. The molecule has 0 N–H and O–H groups in total. The number of aromatic nitrogens is 2. The van der Waals surface area contributed by atoms with Crippen LogP contribution in [0.5, 0.6) is 0 Å². The Labute approximate surface area is 70.0 Å². The summed E-state index contributed by atoms with van der Waals surface area (Å²) in [6.45, 7) is 1.87. The summed E-state index contributed by atoms with van der Waals surface area (Å²) in [7, 11) is 0. The Kier molecular flexibility index (Phi) is 1.63. The van der Waals surface area contributed by atoms with Gasteiger partial charge in [-0.3, -0.25) is 4.98 Å². The molecule has 12 heavy (non-hydrogen) atoms. The minimum atomic E-state index is 0.814. The van der Waals surface area contributed by atoms with E-state index in [-0.39, 0.29) is 0 Å². The zero-order chi connectivity index (χ0) is 8.39. The van der Waals surface area contributed by atoms with Crippen molar-refractivity contribution in [2.75, 3.05) is 0 Å². The third-order valence-electron chi connectivity index (χ3n) is 1.59. The Morgan fingerprint density at radius 1 is 1.42 bits per heavy atom. The molecule has 0 saturated carbocycles. The highest BCUT2D eigenvalue weighted by Crippen LogP contribution is 2.16. The average molecular weight is 160 g/mol. The van der Waals surface area contributed by atoms with E-state index in [2.05, 4.69) is 10.1 Å². The predicted molar refractivity (Wildman–Crippen MR) is 44.5 cm³/mol. The first kappa shape index (κ1) is 7.03. The molecule has 0 aliphatic carbocycles. The third kappa shape index (κ3) is 1.21. The number of rotatable bonds is 1. The van der Waals surface area contributed by atoms with Crippen LogP contribution in [0.15, 0.2) is 35.1 Å². The lowest BCUT2D eigenvalue weighted by molar-refractivity contribution is 0.399. The maximum atomic E-state index is 4.94. The number of nitrogens with zero attached hydrogens (tertiary/aromatic N) is 2. The van der Waals surface area contributed by atoms with E-state index < -0.39 is 0 Å². The molecule has 0 aliphatic heterocycles. The summed E-state index contributed by atoms with van der Waals surface area (Å²) in [5.41, 5.74) is 1.81. The molecule has 0 saturated heterocycles. The van der Waals surface area contributed by atoms with Crippen molar-refractivity contribution in [1.29, 1.82) is 0 Å². The van der Waals surface area contributed by atoms with E-state index in [1.54, 1.807) is 12.4 Å². The topological polar surface area (TPSA) is 38.9 Å². The molecule has 0 atom stereocenters. The van der Waals surface area contributed by atoms with Crippen LogP contribution in [0.25, 0.3) is 11.3 Å². The summed E-state index contributed by atoms with van der Waals surface area (Å²) in [5.74, 6) is 0.814. The highest BCUT2D eigenvalue weighted by Gasteiger charge is 2.01. The predicted octanol–water partition coefficient (Wildman–Crippen LogP) is 2.05. The first-order valence-corrected chi connectivity index (χ1v) is 3.70. The molecule has 60 valence electrons. The first-order valence-electron chi connectivity index (χ1n) is 3.70. The lowest BCUT2D eigenvalue weighted by Crippen LogP contribution is -1.76. The Morgan fingerprint density at radius 2 is 2.33 bits per heavy atom. The molecule has 0 aliphatic rings. The molecule has 0 bridgehead atoms. The van der Waals surface area contributed by atoms with Gasteiger partial charge in [0.05, 0.1) is 0 Å². The molecule has 0 amide bonds. The average Bonchev–Trinajstić information content (AvgIpc) is 2.54. The smallest absolute Gasteiger partial charge is 0.134 e. The summed E-state index contributed by atoms with van der Waals surface area (Å²) in [4.78, 5) is 3.99. The van der Waals surface area contributed by atoms with Crippen LogP contribution in [0.4, 0.5) is 0 Å². The van der Waals surface area contributed by atoms with Crippen molar-refractivity contribution in [3.8, 4) is 11.3 Å². The molecule has 0 aromatic carbocycles. The lowest BCUT2D eigenvalue weighted by atomic mass is 10.2. The largest absolute Gasteiger partial charge is 0.361 e. The fourth-order valence-corrected chi connectivity index (χ4v) is 1.02. The quantitative estimate of drug-likeness (QED) is 0.640. The van der Waals surface area contributed by atoms with Gasteiger partial charge in [-0.15, -0.1) is 0 Å². The molecular weight excluding hydrogens is 152 g/mol. The SMILES string of the molecule is Cc1cc(-c2cccnc2)no1. The van der Waals surface area contributed by atoms with Gasteiger partial charge in [0.1, 0.15) is 11.5 Å². The molecule has 0 fully saturated rings. The van der Waals surface area contributed by atoms with Crippen LogP contribution in [0.3, 0.4) is 0 Å². The van der Waals surface area contributed by atoms with Gasteiger partial charge in [-0.05, 0) is 19.1 Å². The van der Waals surface area contributed by atoms with Crippen molar-refractivity contribution in [1.82, 2.24) is 10.1 Å². The van der Waals surface area contributed by atoms with Gasteiger partial charge in [0.2, 0.25) is 0 Å². The van der Waals surface area contributed by atoms with E-state index in [4.69, 9.17) is 4.52 Å². The second-order valence-electron chi connectivity index (χ2n) is 2.56. The van der Waals surface area contributed by atoms with Crippen molar-refractivity contribution < 1.29 is 4.52 Å². The van der Waals surface area contributed by atoms with Gasteiger partial charge >= 0.3 is 0 Å². The first-order chi connectivity index (χ1) is 5.86. The monoisotopic (exact) mass is 160 g/mol. The summed E-state index contributed by atoms with van der Waals surface area (Å²) >= 11 is 0. The van der Waals surface area contributed by atoms with Gasteiger partial charge < -0.3 is 4.52 Å². The second-order valence-corrected chi connectivity index (χ2v) is 2.56. The molecule has 2 heterocycles. The zero-order valence-electron chi connectivity index (χ0n) is 6.69. The van der Waals surface area contributed by atoms with Crippen LogP contribution in [0.1, 0.15) is 5.76 Å². The van der Waals surface area contributed by atoms with Gasteiger partial charge in [0.25, 0.3) is 0 Å². The van der Waals surface area contributed by atoms with E-state index in [1.807, 2.05) is 25.1 Å². The normalized spacial score (nSPS) is 10.1. The van der Waals surface area contributed by atoms with Crippen molar-refractivity contribution in [3.63, 3.8) is 0 Å². The maximum absolute atomic E-state index is 4.94. The lowest BCUT2D eigenvalue weighted by Gasteiger charge is -1.90. The highest BCUT2D eigenvalue weighted by molar-refractivity contribution is 5.56. The maximum Gasteiger partial charge on any atom is 0.134 e. The van der Waals surface area contributed by atoms with Crippen molar-refractivity contribution in [2.24, 2.45) is 0 Å². The number of hydrogen-bond donors (Lipinski definition) is 0. The fraction of sp³-hybridized carbons (Fsp3) is 0.111. The van der Waals surface area contributed by atoms with Gasteiger partial charge in [0.15, 0.2) is 0 Å². The van der Waals surface area contributed by atoms with Gasteiger partial charge in [-0.2, -0.15) is 0 Å². The van der Waals surface area contributed by atoms with E-state index in [0.717, 1.165) is 17.0 Å². The molecule has 2 rings (SSSR count). The molecule has 0 spiro atoms. The van der Waals surface area contributed by atoms with Crippen molar-refractivity contribution >= 4 is 0 Å². The number of pyridine rings is 1. The van der Waals surface area contributed by atoms with Gasteiger partial charge in [0, 0.05) is 24.0 Å². The Balaban J connectivity index is 2.45. The zero-order valence-corrected chi connectivity index (χ0v) is 6.69. The molecular formula is C9H8N2O. The van der Waals surface area contributed by atoms with Crippen molar-refractivity contribution in [3.05, 3.63) is 36.4 Å². The standard InChI is InChI=1S/C9H8N2O/c1-7-5-9(11-12-7)8-3-2-4-10-6-8/h2-6H,1H3. The molecule has 2 aromatic rings. The third-order valence-corrected chi connectivity index (χ3v) is 1.59. The number of hydrogen-bond acceptors (Lipinski definition) is 3. The van der Waals surface area contributed by atoms with Crippen LogP contribution in [-0.2, 0) is 0 Å². The van der Waals surface area contributed by atoms with Crippen LogP contribution in [0.2, 0.25) is 0 Å². The molecule has 0 unspecified atom stereocenters.